The Morgan fingerprint density at radius 2 is 0.920 bits per heavy atom. The van der Waals surface area contributed by atoms with Crippen molar-refractivity contribution in [2.24, 2.45) is 0 Å². The summed E-state index contributed by atoms with van der Waals surface area (Å²) in [6.07, 6.45) is 44.7. The van der Waals surface area contributed by atoms with E-state index in [0.29, 0.717) is 19.3 Å². The first-order chi connectivity index (χ1) is 24.3. The molecule has 9 heteroatoms. The quantitative estimate of drug-likeness (QED) is 0.0274. The van der Waals surface area contributed by atoms with Crippen LogP contribution in [0.4, 0.5) is 0 Å². The van der Waals surface area contributed by atoms with Gasteiger partial charge in [-0.05, 0) is 77.0 Å². The van der Waals surface area contributed by atoms with Gasteiger partial charge >= 0.3 is 11.9 Å². The number of carbonyl (C=O) groups is 2. The summed E-state index contributed by atoms with van der Waals surface area (Å²) in [5.41, 5.74) is 0. The number of phosphoric ester groups is 1. The molecule has 0 aliphatic carbocycles. The van der Waals surface area contributed by atoms with Gasteiger partial charge in [0, 0.05) is 12.8 Å². The van der Waals surface area contributed by atoms with Gasteiger partial charge in [-0.15, -0.1) is 0 Å². The lowest BCUT2D eigenvalue weighted by Crippen LogP contribution is -2.31. The summed E-state index contributed by atoms with van der Waals surface area (Å²) in [6.45, 7) is 3.40. The fourth-order valence-electron chi connectivity index (χ4n) is 5.06. The second-order valence-corrected chi connectivity index (χ2v) is 14.0. The Balaban J connectivity index is 4.08. The zero-order chi connectivity index (χ0) is 36.8. The fourth-order valence-corrected chi connectivity index (χ4v) is 5.41. The number of allylic oxidation sites excluding steroid dienone is 10. The first-order valence-electron chi connectivity index (χ1n) is 19.5. The zero-order valence-electron chi connectivity index (χ0n) is 31.4. The van der Waals surface area contributed by atoms with Crippen LogP contribution in [0, 0.1) is 0 Å². The van der Waals surface area contributed by atoms with Gasteiger partial charge in [-0.25, -0.2) is 0 Å². The van der Waals surface area contributed by atoms with Crippen LogP contribution in [0.1, 0.15) is 168 Å². The van der Waals surface area contributed by atoms with Crippen LogP contribution in [-0.4, -0.2) is 31.3 Å². The normalized spacial score (nSPS) is 13.1. The Kier molecular flexibility index (Phi) is 34.9. The molecule has 0 spiro atoms. The molecule has 0 bridgehead atoms. The molecule has 1 atom stereocenters. The SMILES string of the molecule is CCCCC/C=C\C/C=C\C/C=C\C/C=C\CCCC(=O)OC[C@H](COP(=O)([O-])[O-])OC(=O)CCCCCCC/C=C\CCCCCCCC. The molecule has 0 aliphatic heterocycles. The highest BCUT2D eigenvalue weighted by Crippen LogP contribution is 2.25. The topological polar surface area (TPSA) is 125 Å². The van der Waals surface area contributed by atoms with Gasteiger partial charge in [0.2, 0.25) is 0 Å². The molecular formula is C41H69O8P-2. The largest absolute Gasteiger partial charge is 0.790 e. The number of hydrogen-bond donors (Lipinski definition) is 0. The molecule has 0 aromatic heterocycles. The van der Waals surface area contributed by atoms with Crippen molar-refractivity contribution in [1.29, 1.82) is 0 Å². The molecule has 0 unspecified atom stereocenters. The maximum absolute atomic E-state index is 12.3. The third kappa shape index (κ3) is 38.6. The minimum atomic E-state index is -5.27. The van der Waals surface area contributed by atoms with E-state index < -0.39 is 32.5 Å². The van der Waals surface area contributed by atoms with Gasteiger partial charge in [0.15, 0.2) is 6.10 Å². The van der Waals surface area contributed by atoms with E-state index in [9.17, 15) is 23.9 Å². The summed E-state index contributed by atoms with van der Waals surface area (Å²) < 4.78 is 25.7. The number of esters is 2. The van der Waals surface area contributed by atoms with Crippen LogP contribution in [0.25, 0.3) is 0 Å². The van der Waals surface area contributed by atoms with Crippen molar-refractivity contribution in [1.82, 2.24) is 0 Å². The van der Waals surface area contributed by atoms with Crippen LogP contribution in [0.5, 0.6) is 0 Å². The van der Waals surface area contributed by atoms with Gasteiger partial charge in [-0.3, -0.25) is 9.59 Å². The van der Waals surface area contributed by atoms with Crippen LogP contribution >= 0.6 is 7.82 Å². The maximum Gasteiger partial charge on any atom is 0.306 e. The van der Waals surface area contributed by atoms with Crippen molar-refractivity contribution in [2.75, 3.05) is 13.2 Å². The Bertz CT molecular complexity index is 995. The van der Waals surface area contributed by atoms with E-state index in [1.807, 2.05) is 6.08 Å². The van der Waals surface area contributed by atoms with Crippen LogP contribution in [-0.2, 0) is 28.2 Å². The highest BCUT2D eigenvalue weighted by molar-refractivity contribution is 7.43. The third-order valence-electron chi connectivity index (χ3n) is 8.00. The molecule has 0 saturated carbocycles. The molecule has 0 radical (unpaired) electrons. The monoisotopic (exact) mass is 720 g/mol. The number of carbonyl (C=O) groups excluding carboxylic acids is 2. The third-order valence-corrected chi connectivity index (χ3v) is 8.46. The molecule has 8 nitrogen and oxygen atoms in total. The van der Waals surface area contributed by atoms with Crippen molar-refractivity contribution in [3.63, 3.8) is 0 Å². The highest BCUT2D eigenvalue weighted by Gasteiger charge is 2.18. The van der Waals surface area contributed by atoms with Gasteiger partial charge in [-0.2, -0.15) is 0 Å². The zero-order valence-corrected chi connectivity index (χ0v) is 32.3. The first kappa shape index (κ1) is 47.8. The molecule has 0 heterocycles. The number of ether oxygens (including phenoxy) is 2. The maximum atomic E-state index is 12.3. The van der Waals surface area contributed by atoms with Crippen LogP contribution in [0.3, 0.4) is 0 Å². The first-order valence-corrected chi connectivity index (χ1v) is 21.0. The molecule has 0 N–H and O–H groups in total. The van der Waals surface area contributed by atoms with Crippen molar-refractivity contribution in [2.45, 2.75) is 174 Å². The average Bonchev–Trinajstić information content (AvgIpc) is 3.08. The van der Waals surface area contributed by atoms with Gasteiger partial charge < -0.3 is 28.3 Å². The fraction of sp³-hybridized carbons (Fsp3) is 0.707. The molecule has 0 fully saturated rings. The minimum Gasteiger partial charge on any atom is -0.790 e. The summed E-state index contributed by atoms with van der Waals surface area (Å²) in [7, 11) is -5.27. The lowest BCUT2D eigenvalue weighted by atomic mass is 10.1. The highest BCUT2D eigenvalue weighted by atomic mass is 31.2. The Morgan fingerprint density at radius 1 is 0.520 bits per heavy atom. The molecule has 0 aromatic rings. The van der Waals surface area contributed by atoms with E-state index in [4.69, 9.17) is 9.47 Å². The summed E-state index contributed by atoms with van der Waals surface area (Å²) >= 11 is 0. The number of hydrogen-bond acceptors (Lipinski definition) is 8. The summed E-state index contributed by atoms with van der Waals surface area (Å²) in [5.74, 6) is -1.04. The van der Waals surface area contributed by atoms with E-state index in [1.165, 1.54) is 64.2 Å². The van der Waals surface area contributed by atoms with E-state index in [1.54, 1.807) is 0 Å². The van der Waals surface area contributed by atoms with Crippen molar-refractivity contribution >= 4 is 19.8 Å². The summed E-state index contributed by atoms with van der Waals surface area (Å²) in [4.78, 5) is 46.4. The standard InChI is InChI=1S/C41H71O8P/c1-3-5-7-9-11-13-15-17-19-20-22-23-25-27-29-31-33-35-40(42)47-37-39(38-48-50(44,45)46)49-41(43)36-34-32-30-28-26-24-21-18-16-14-12-10-8-6-4-2/h11,13,17-19,21-23,27,29,39H,3-10,12,14-16,20,24-26,28,30-38H2,1-2H3,(H2,44,45,46)/p-2/b13-11-,19-17-,21-18-,23-22-,29-27-/t39-/m1/s1. The molecular weight excluding hydrogens is 651 g/mol. The van der Waals surface area contributed by atoms with E-state index in [0.717, 1.165) is 57.8 Å². The lowest BCUT2D eigenvalue weighted by molar-refractivity contribution is -0.343. The van der Waals surface area contributed by atoms with Crippen LogP contribution in [0.15, 0.2) is 60.8 Å². The molecule has 0 saturated heterocycles. The summed E-state index contributed by atoms with van der Waals surface area (Å²) in [6, 6.07) is 0. The van der Waals surface area contributed by atoms with Gasteiger partial charge in [0.1, 0.15) is 6.61 Å². The number of rotatable bonds is 35. The van der Waals surface area contributed by atoms with Crippen LogP contribution in [0.2, 0.25) is 0 Å². The smallest absolute Gasteiger partial charge is 0.306 e. The lowest BCUT2D eigenvalue weighted by Gasteiger charge is -2.30. The molecule has 0 rings (SSSR count). The second kappa shape index (κ2) is 36.5. The van der Waals surface area contributed by atoms with Crippen LogP contribution < -0.4 is 9.79 Å². The second-order valence-electron chi connectivity index (χ2n) is 12.9. The molecule has 0 aliphatic rings. The molecule has 288 valence electrons. The average molecular weight is 721 g/mol. The van der Waals surface area contributed by atoms with Crippen molar-refractivity contribution in [3.8, 4) is 0 Å². The van der Waals surface area contributed by atoms with E-state index in [2.05, 4.69) is 73.1 Å². The Morgan fingerprint density at radius 3 is 1.46 bits per heavy atom. The van der Waals surface area contributed by atoms with Gasteiger partial charge in [-0.1, -0.05) is 139 Å². The minimum absolute atomic E-state index is 0.157. The molecule has 50 heavy (non-hydrogen) atoms. The van der Waals surface area contributed by atoms with Gasteiger partial charge in [0.05, 0.1) is 14.4 Å². The Hall–Kier alpha value is -2.25. The van der Waals surface area contributed by atoms with Crippen molar-refractivity contribution < 1.29 is 37.9 Å². The Labute approximate surface area is 305 Å². The number of unbranched alkanes of at least 4 members (excludes halogenated alkanes) is 15. The van der Waals surface area contributed by atoms with E-state index >= 15 is 0 Å². The van der Waals surface area contributed by atoms with Crippen molar-refractivity contribution in [3.05, 3.63) is 60.8 Å². The predicted octanol–water partition coefficient (Wildman–Crippen LogP) is 10.5. The molecule has 0 amide bonds. The predicted molar refractivity (Wildman–Crippen MR) is 202 cm³/mol. The molecule has 0 aromatic carbocycles. The summed E-state index contributed by atoms with van der Waals surface area (Å²) in [5, 5.41) is 0. The van der Waals surface area contributed by atoms with Gasteiger partial charge in [0.25, 0.3) is 0 Å². The number of phosphoric acid groups is 1. The van der Waals surface area contributed by atoms with E-state index in [-0.39, 0.29) is 19.4 Å².